The Kier molecular flexibility index (Phi) is 4.21. The number of hydrogen-bond acceptors (Lipinski definition) is 4. The van der Waals surface area contributed by atoms with Crippen LogP contribution in [0.15, 0.2) is 21.7 Å². The third-order valence-corrected chi connectivity index (χ3v) is 3.03. The Balaban J connectivity index is 2.93. The lowest BCUT2D eigenvalue weighted by atomic mass is 10.7. The van der Waals surface area contributed by atoms with Crippen molar-refractivity contribution >= 4 is 29.0 Å². The van der Waals surface area contributed by atoms with Crippen LogP contribution in [0.5, 0.6) is 0 Å². The summed E-state index contributed by atoms with van der Waals surface area (Å²) >= 11 is 0. The maximum atomic E-state index is 11.7. The van der Waals surface area contributed by atoms with E-state index in [9.17, 15) is 13.2 Å². The zero-order valence-electron chi connectivity index (χ0n) is 9.16. The zero-order valence-corrected chi connectivity index (χ0v) is 9.98. The Morgan fingerprint density at radius 3 is 2.82 bits per heavy atom. The van der Waals surface area contributed by atoms with Crippen LogP contribution in [0.4, 0.5) is 4.79 Å². The molecule has 1 saturated heterocycles. The van der Waals surface area contributed by atoms with Crippen LogP contribution in [0.2, 0.25) is 0 Å². The number of cyclic esters (lactones) is 1. The van der Waals surface area contributed by atoms with Gasteiger partial charge in [0.2, 0.25) is 5.96 Å². The number of nitrogens with zero attached hydrogens (tertiary/aromatic N) is 3. The van der Waals surface area contributed by atoms with Gasteiger partial charge in [-0.1, -0.05) is 6.08 Å². The van der Waals surface area contributed by atoms with Gasteiger partial charge in [-0.25, -0.2) is 9.79 Å². The number of hydrogen-bond donors (Lipinski definition) is 1. The van der Waals surface area contributed by atoms with E-state index in [0.717, 1.165) is 0 Å². The van der Waals surface area contributed by atoms with Crippen molar-refractivity contribution in [3.05, 3.63) is 12.3 Å². The van der Waals surface area contributed by atoms with Crippen LogP contribution < -0.4 is 5.32 Å². The van der Waals surface area contributed by atoms with E-state index in [1.165, 1.54) is 6.20 Å². The molecule has 1 amide bonds. The molecule has 1 N–H and O–H groups in total. The molecule has 1 aliphatic rings. The summed E-state index contributed by atoms with van der Waals surface area (Å²) in [5.74, 6) is -0.220. The summed E-state index contributed by atoms with van der Waals surface area (Å²) in [6.45, 7) is 4.85. The van der Waals surface area contributed by atoms with E-state index >= 15 is 0 Å². The molecule has 0 saturated carbocycles. The summed E-state index contributed by atoms with van der Waals surface area (Å²) in [6, 6.07) is 0. The topological polar surface area (TPSA) is 100 Å². The molecule has 0 aromatic carbocycles. The maximum absolute atomic E-state index is 11.7. The van der Waals surface area contributed by atoms with Crippen molar-refractivity contribution < 1.29 is 17.9 Å². The number of ether oxygens (including phenoxy) is 1. The lowest BCUT2D eigenvalue weighted by Crippen LogP contribution is -2.32. The normalized spacial score (nSPS) is 17.4. The monoisotopic (exact) mass is 260 g/mol. The average molecular weight is 260 g/mol. The Morgan fingerprint density at radius 2 is 2.35 bits per heavy atom. The highest BCUT2D eigenvalue weighted by Gasteiger charge is 2.33. The fraction of sp³-hybridized carbons (Fsp3) is 0.375. The fourth-order valence-corrected chi connectivity index (χ4v) is 1.98. The van der Waals surface area contributed by atoms with Gasteiger partial charge in [-0.15, -0.1) is 4.40 Å². The lowest BCUT2D eigenvalue weighted by molar-refractivity contribution is 0.170. The van der Waals surface area contributed by atoms with E-state index in [2.05, 4.69) is 26.2 Å². The minimum absolute atomic E-state index is 0.0206. The molecule has 0 aromatic heterocycles. The zero-order chi connectivity index (χ0) is 12.9. The van der Waals surface area contributed by atoms with Crippen LogP contribution >= 0.6 is 0 Å². The van der Waals surface area contributed by atoms with Gasteiger partial charge in [0, 0.05) is 0 Å². The van der Waals surface area contributed by atoms with Crippen molar-refractivity contribution in [2.45, 2.75) is 6.92 Å². The van der Waals surface area contributed by atoms with Gasteiger partial charge in [-0.2, -0.15) is 12.7 Å². The molecule has 1 fully saturated rings. The van der Waals surface area contributed by atoms with Crippen LogP contribution in [-0.2, 0) is 14.9 Å². The van der Waals surface area contributed by atoms with Crippen molar-refractivity contribution in [1.82, 2.24) is 9.62 Å². The number of rotatable bonds is 3. The summed E-state index contributed by atoms with van der Waals surface area (Å²) in [6.07, 6.45) is 2.12. The molecule has 8 nitrogen and oxygen atoms in total. The Bertz CT molecular complexity index is 468. The largest absolute Gasteiger partial charge is 0.447 e. The summed E-state index contributed by atoms with van der Waals surface area (Å²) in [4.78, 5) is 14.5. The molecule has 0 aromatic rings. The van der Waals surface area contributed by atoms with Crippen molar-refractivity contribution in [2.75, 3.05) is 13.2 Å². The third kappa shape index (κ3) is 3.28. The smallest absolute Gasteiger partial charge is 0.425 e. The second kappa shape index (κ2) is 5.43. The molecular weight excluding hydrogens is 248 g/mol. The molecule has 9 heteroatoms. The molecule has 0 radical (unpaired) electrons. The number of guanidine groups is 1. The highest BCUT2D eigenvalue weighted by molar-refractivity contribution is 7.88. The van der Waals surface area contributed by atoms with Crippen LogP contribution in [0.25, 0.3) is 0 Å². The van der Waals surface area contributed by atoms with Crippen molar-refractivity contribution in [3.8, 4) is 0 Å². The molecule has 0 bridgehead atoms. The van der Waals surface area contributed by atoms with Gasteiger partial charge in [-0.3, -0.25) is 0 Å². The second-order valence-electron chi connectivity index (χ2n) is 2.88. The van der Waals surface area contributed by atoms with Gasteiger partial charge >= 0.3 is 16.3 Å². The number of amides is 1. The summed E-state index contributed by atoms with van der Waals surface area (Å²) < 4.78 is 31.7. The average Bonchev–Trinajstić information content (AvgIpc) is 2.71. The van der Waals surface area contributed by atoms with Crippen LogP contribution in [0.1, 0.15) is 6.92 Å². The van der Waals surface area contributed by atoms with E-state index in [1.54, 1.807) is 13.0 Å². The van der Waals surface area contributed by atoms with E-state index < -0.39 is 16.3 Å². The number of aliphatic imine (C=N–C) groups is 1. The predicted molar refractivity (Wildman–Crippen MR) is 61.9 cm³/mol. The van der Waals surface area contributed by atoms with E-state index in [4.69, 9.17) is 0 Å². The number of nitrogens with one attached hydrogen (secondary N) is 1. The molecule has 94 valence electrons. The number of carbonyl (C=O) groups excluding carboxylic acids is 1. The molecule has 17 heavy (non-hydrogen) atoms. The molecule has 0 unspecified atom stereocenters. The molecule has 1 rings (SSSR count). The third-order valence-electron chi connectivity index (χ3n) is 1.73. The van der Waals surface area contributed by atoms with E-state index in [1.807, 2.05) is 0 Å². The summed E-state index contributed by atoms with van der Waals surface area (Å²) in [5.41, 5.74) is 0. The quantitative estimate of drug-likeness (QED) is 0.562. The highest BCUT2D eigenvalue weighted by Crippen LogP contribution is 2.11. The van der Waals surface area contributed by atoms with Gasteiger partial charge in [0.25, 0.3) is 0 Å². The van der Waals surface area contributed by atoms with Gasteiger partial charge in [-0.05, 0) is 19.8 Å². The highest BCUT2D eigenvalue weighted by atomic mass is 32.2. The van der Waals surface area contributed by atoms with Crippen LogP contribution in [-0.4, -0.2) is 44.6 Å². The first-order valence-corrected chi connectivity index (χ1v) is 6.05. The van der Waals surface area contributed by atoms with Gasteiger partial charge < -0.3 is 10.1 Å². The van der Waals surface area contributed by atoms with Crippen molar-refractivity contribution in [1.29, 1.82) is 0 Å². The standard InChI is InChI=1S/C8H12N4O4S/c1-3-4-10-7(9-2)11-17(14,15)12-5-6-16-8(12)13/h3-4H,2,5-6H2,1H3,(H,10,11)/b4-3-. The second-order valence-corrected chi connectivity index (χ2v) is 4.40. The van der Waals surface area contributed by atoms with E-state index in [0.29, 0.717) is 4.31 Å². The first-order valence-electron chi connectivity index (χ1n) is 4.65. The lowest BCUT2D eigenvalue weighted by Gasteiger charge is -2.09. The predicted octanol–water partition coefficient (Wildman–Crippen LogP) is -0.137. The molecule has 0 aliphatic carbocycles. The SMILES string of the molecule is C=NC(=NS(=O)(=O)N1CCOC1=O)N/C=C\C. The summed E-state index contributed by atoms with van der Waals surface area (Å²) in [5, 5.41) is 2.50. The molecule has 0 spiro atoms. The fourth-order valence-electron chi connectivity index (χ4n) is 1.01. The molecular formula is C8H12N4O4S. The molecule has 0 atom stereocenters. The Labute approximate surface area is 98.9 Å². The first kappa shape index (κ1) is 13.2. The maximum Gasteiger partial charge on any atom is 0.425 e. The van der Waals surface area contributed by atoms with Crippen LogP contribution in [0, 0.1) is 0 Å². The Morgan fingerprint density at radius 1 is 1.65 bits per heavy atom. The summed E-state index contributed by atoms with van der Waals surface area (Å²) in [7, 11) is -4.13. The van der Waals surface area contributed by atoms with E-state index in [-0.39, 0.29) is 19.1 Å². The van der Waals surface area contributed by atoms with Gasteiger partial charge in [0.15, 0.2) is 0 Å². The first-order chi connectivity index (χ1) is 8.01. The minimum atomic E-state index is -4.13. The Hall–Kier alpha value is -1.90. The number of carbonyl (C=O) groups is 1. The molecule has 1 heterocycles. The van der Waals surface area contributed by atoms with Crippen molar-refractivity contribution in [3.63, 3.8) is 0 Å². The van der Waals surface area contributed by atoms with Gasteiger partial charge in [0.1, 0.15) is 6.61 Å². The minimum Gasteiger partial charge on any atom is -0.447 e. The van der Waals surface area contributed by atoms with Crippen molar-refractivity contribution in [2.24, 2.45) is 9.39 Å². The number of allylic oxidation sites excluding steroid dienone is 1. The van der Waals surface area contributed by atoms with Gasteiger partial charge in [0.05, 0.1) is 6.54 Å². The molecule has 1 aliphatic heterocycles. The van der Waals surface area contributed by atoms with Crippen LogP contribution in [0.3, 0.4) is 0 Å².